The number of aromatic nitrogens is 2. The molecule has 0 radical (unpaired) electrons. The van der Waals surface area contributed by atoms with Gasteiger partial charge in [-0.3, -0.25) is 4.68 Å². The number of aliphatic carboxylic acids is 1. The van der Waals surface area contributed by atoms with Gasteiger partial charge in [0, 0.05) is 18.9 Å². The summed E-state index contributed by atoms with van der Waals surface area (Å²) in [5, 5.41) is 17.1. The highest BCUT2D eigenvalue weighted by Crippen LogP contribution is 2.18. The van der Waals surface area contributed by atoms with Crippen LogP contribution in [0.4, 0.5) is 4.79 Å². The molecule has 2 N–H and O–H groups in total. The summed E-state index contributed by atoms with van der Waals surface area (Å²) in [6.07, 6.45) is -0.710. The first kappa shape index (κ1) is 17.5. The predicted octanol–water partition coefficient (Wildman–Crippen LogP) is 2.50. The Morgan fingerprint density at radius 3 is 2.58 bits per heavy atom. The van der Waals surface area contributed by atoms with Gasteiger partial charge in [-0.1, -0.05) is 48.5 Å². The Bertz CT molecular complexity index is 921. The van der Waals surface area contributed by atoms with Gasteiger partial charge in [0.25, 0.3) is 0 Å². The average molecular weight is 353 g/mol. The number of carboxylic acids is 1. The van der Waals surface area contributed by atoms with E-state index in [0.717, 1.165) is 16.5 Å². The lowest BCUT2D eigenvalue weighted by Gasteiger charge is -2.14. The number of nitrogens with one attached hydrogen (secondary N) is 1. The van der Waals surface area contributed by atoms with Gasteiger partial charge in [-0.15, -0.1) is 0 Å². The lowest BCUT2D eigenvalue weighted by atomic mass is 10.1. The third kappa shape index (κ3) is 4.00. The number of hydrogen-bond acceptors (Lipinski definition) is 4. The van der Waals surface area contributed by atoms with Crippen molar-refractivity contribution in [2.75, 3.05) is 0 Å². The van der Waals surface area contributed by atoms with Gasteiger partial charge in [0.05, 0.1) is 11.2 Å². The van der Waals surface area contributed by atoms with Gasteiger partial charge in [0.2, 0.25) is 0 Å². The molecule has 3 rings (SSSR count). The third-order valence-corrected chi connectivity index (χ3v) is 4.03. The number of carboxylic acid groups (broad SMARTS) is 1. The van der Waals surface area contributed by atoms with Crippen molar-refractivity contribution in [2.45, 2.75) is 19.1 Å². The number of alkyl carbamates (subject to hydrolysis) is 1. The topological polar surface area (TPSA) is 93.5 Å². The smallest absolute Gasteiger partial charge is 0.408 e. The van der Waals surface area contributed by atoms with E-state index >= 15 is 0 Å². The second kappa shape index (κ2) is 7.69. The highest BCUT2D eigenvalue weighted by atomic mass is 16.5. The van der Waals surface area contributed by atoms with Crippen molar-refractivity contribution in [2.24, 2.45) is 7.05 Å². The van der Waals surface area contributed by atoms with Crippen LogP contribution in [0.2, 0.25) is 0 Å². The van der Waals surface area contributed by atoms with Crippen molar-refractivity contribution >= 4 is 23.0 Å². The van der Waals surface area contributed by atoms with Gasteiger partial charge in [0.15, 0.2) is 0 Å². The Hall–Kier alpha value is -3.35. The second-order valence-corrected chi connectivity index (χ2v) is 5.89. The van der Waals surface area contributed by atoms with Gasteiger partial charge >= 0.3 is 12.1 Å². The zero-order valence-electron chi connectivity index (χ0n) is 14.3. The van der Waals surface area contributed by atoms with Crippen molar-refractivity contribution in [3.8, 4) is 0 Å². The molecule has 0 saturated carbocycles. The van der Waals surface area contributed by atoms with Gasteiger partial charge in [-0.2, -0.15) is 5.10 Å². The van der Waals surface area contributed by atoms with Crippen molar-refractivity contribution in [3.05, 3.63) is 65.9 Å². The fourth-order valence-corrected chi connectivity index (χ4v) is 2.74. The first-order chi connectivity index (χ1) is 12.5. The van der Waals surface area contributed by atoms with Crippen LogP contribution in [-0.2, 0) is 29.6 Å². The van der Waals surface area contributed by atoms with Gasteiger partial charge in [0.1, 0.15) is 12.6 Å². The Balaban J connectivity index is 1.67. The molecule has 0 saturated heterocycles. The SMILES string of the molecule is Cn1nc(C[C@H](NC(=O)OCc2ccccc2)C(=O)O)c2ccccc21. The normalized spacial score (nSPS) is 11.9. The van der Waals surface area contributed by atoms with E-state index < -0.39 is 18.1 Å². The first-order valence-electron chi connectivity index (χ1n) is 8.15. The molecule has 7 nitrogen and oxygen atoms in total. The number of fused-ring (bicyclic) bond motifs is 1. The molecule has 0 aliphatic carbocycles. The van der Waals surface area contributed by atoms with Crippen LogP contribution in [0.5, 0.6) is 0 Å². The molecule has 0 unspecified atom stereocenters. The monoisotopic (exact) mass is 353 g/mol. The van der Waals surface area contributed by atoms with E-state index in [1.807, 2.05) is 54.6 Å². The molecule has 0 fully saturated rings. The van der Waals surface area contributed by atoms with E-state index in [9.17, 15) is 14.7 Å². The molecule has 0 aliphatic rings. The Labute approximate surface area is 150 Å². The molecular formula is C19H19N3O4. The van der Waals surface area contributed by atoms with Crippen LogP contribution in [0.1, 0.15) is 11.3 Å². The van der Waals surface area contributed by atoms with E-state index in [2.05, 4.69) is 10.4 Å². The third-order valence-electron chi connectivity index (χ3n) is 4.03. The fraction of sp³-hybridized carbons (Fsp3) is 0.211. The molecule has 0 bridgehead atoms. The molecule has 3 aromatic rings. The van der Waals surface area contributed by atoms with Crippen molar-refractivity contribution < 1.29 is 19.4 Å². The average Bonchev–Trinajstić information content (AvgIpc) is 2.96. The Morgan fingerprint density at radius 1 is 1.15 bits per heavy atom. The lowest BCUT2D eigenvalue weighted by molar-refractivity contribution is -0.139. The highest BCUT2D eigenvalue weighted by molar-refractivity contribution is 5.84. The number of rotatable bonds is 6. The number of para-hydroxylation sites is 1. The van der Waals surface area contributed by atoms with Crippen molar-refractivity contribution in [1.29, 1.82) is 0 Å². The number of carbonyl (C=O) groups is 2. The summed E-state index contributed by atoms with van der Waals surface area (Å²) >= 11 is 0. The minimum Gasteiger partial charge on any atom is -0.480 e. The molecule has 1 heterocycles. The zero-order chi connectivity index (χ0) is 18.5. The second-order valence-electron chi connectivity index (χ2n) is 5.89. The summed E-state index contributed by atoms with van der Waals surface area (Å²) in [6, 6.07) is 15.6. The number of nitrogens with zero attached hydrogens (tertiary/aromatic N) is 2. The summed E-state index contributed by atoms with van der Waals surface area (Å²) in [5.74, 6) is -1.14. The molecule has 26 heavy (non-hydrogen) atoms. The summed E-state index contributed by atoms with van der Waals surface area (Å²) in [7, 11) is 1.79. The number of benzene rings is 2. The van der Waals surface area contributed by atoms with E-state index in [1.165, 1.54) is 0 Å². The van der Waals surface area contributed by atoms with Crippen LogP contribution in [0, 0.1) is 0 Å². The zero-order valence-corrected chi connectivity index (χ0v) is 14.3. The van der Waals surface area contributed by atoms with Crippen LogP contribution >= 0.6 is 0 Å². The first-order valence-corrected chi connectivity index (χ1v) is 8.15. The number of hydrogen-bond donors (Lipinski definition) is 2. The van der Waals surface area contributed by atoms with Gasteiger partial charge in [-0.05, 0) is 11.6 Å². The maximum Gasteiger partial charge on any atom is 0.408 e. The van der Waals surface area contributed by atoms with Crippen molar-refractivity contribution in [3.63, 3.8) is 0 Å². The Morgan fingerprint density at radius 2 is 1.85 bits per heavy atom. The predicted molar refractivity (Wildman–Crippen MR) is 95.6 cm³/mol. The molecule has 7 heteroatoms. The van der Waals surface area contributed by atoms with Gasteiger partial charge in [-0.25, -0.2) is 9.59 Å². The van der Waals surface area contributed by atoms with E-state index in [-0.39, 0.29) is 13.0 Å². The van der Waals surface area contributed by atoms with Crippen LogP contribution < -0.4 is 5.32 Å². The van der Waals surface area contributed by atoms with E-state index in [1.54, 1.807) is 11.7 Å². The molecule has 1 aromatic heterocycles. The number of aryl methyl sites for hydroxylation is 1. The number of amides is 1. The van der Waals surface area contributed by atoms with Crippen LogP contribution in [0.15, 0.2) is 54.6 Å². The molecule has 134 valence electrons. The molecule has 1 amide bonds. The fourth-order valence-electron chi connectivity index (χ4n) is 2.74. The molecule has 0 aliphatic heterocycles. The maximum absolute atomic E-state index is 12.0. The Kier molecular flexibility index (Phi) is 5.17. The van der Waals surface area contributed by atoms with Crippen LogP contribution in [0.25, 0.3) is 10.9 Å². The van der Waals surface area contributed by atoms with Crippen molar-refractivity contribution in [1.82, 2.24) is 15.1 Å². The van der Waals surface area contributed by atoms with E-state index in [0.29, 0.717) is 5.69 Å². The van der Waals surface area contributed by atoms with Crippen LogP contribution in [0.3, 0.4) is 0 Å². The summed E-state index contributed by atoms with van der Waals surface area (Å²) in [6.45, 7) is 0.0749. The standard InChI is InChI=1S/C19H19N3O4/c1-22-17-10-6-5-9-14(17)15(21-22)11-16(18(23)24)20-19(25)26-12-13-7-3-2-4-8-13/h2-10,16H,11-12H2,1H3,(H,20,25)(H,23,24)/t16-/m0/s1. The summed E-state index contributed by atoms with van der Waals surface area (Å²) in [4.78, 5) is 23.5. The highest BCUT2D eigenvalue weighted by Gasteiger charge is 2.23. The molecule has 0 spiro atoms. The lowest BCUT2D eigenvalue weighted by Crippen LogP contribution is -2.42. The molecular weight excluding hydrogens is 334 g/mol. The summed E-state index contributed by atoms with van der Waals surface area (Å²) in [5.41, 5.74) is 2.34. The van der Waals surface area contributed by atoms with Crippen LogP contribution in [-0.4, -0.2) is 33.0 Å². The minimum atomic E-state index is -1.14. The maximum atomic E-state index is 12.0. The van der Waals surface area contributed by atoms with Gasteiger partial charge < -0.3 is 15.2 Å². The summed E-state index contributed by atoms with van der Waals surface area (Å²) < 4.78 is 6.79. The number of carbonyl (C=O) groups excluding carboxylic acids is 1. The largest absolute Gasteiger partial charge is 0.480 e. The number of ether oxygens (including phenoxy) is 1. The molecule has 2 aromatic carbocycles. The quantitative estimate of drug-likeness (QED) is 0.710. The minimum absolute atomic E-state index is 0.0666. The van der Waals surface area contributed by atoms with E-state index in [4.69, 9.17) is 4.74 Å². The molecule has 1 atom stereocenters.